The molecule has 0 fully saturated rings. The standard InChI is InChI=1S/C19H26N4O/c1-6-23(5)18-16(19(24)21-11-13(2)3)12-20-17(22-18)15-9-7-8-14(4)10-15/h7-10,12-13H,6,11H2,1-5H3,(H,21,24). The summed E-state index contributed by atoms with van der Waals surface area (Å²) in [6, 6.07) is 8.05. The highest BCUT2D eigenvalue weighted by Crippen LogP contribution is 2.22. The summed E-state index contributed by atoms with van der Waals surface area (Å²) in [5.41, 5.74) is 2.62. The molecule has 5 heteroatoms. The van der Waals surface area contributed by atoms with Crippen LogP contribution in [0.25, 0.3) is 11.4 Å². The molecule has 0 aliphatic heterocycles. The molecule has 0 atom stereocenters. The summed E-state index contributed by atoms with van der Waals surface area (Å²) >= 11 is 0. The molecule has 0 unspecified atom stereocenters. The average molecular weight is 326 g/mol. The molecule has 1 amide bonds. The lowest BCUT2D eigenvalue weighted by Gasteiger charge is -2.20. The first-order valence-corrected chi connectivity index (χ1v) is 8.35. The zero-order valence-electron chi connectivity index (χ0n) is 15.1. The van der Waals surface area contributed by atoms with E-state index in [-0.39, 0.29) is 5.91 Å². The molecule has 0 saturated carbocycles. The maximum absolute atomic E-state index is 12.5. The lowest BCUT2D eigenvalue weighted by atomic mass is 10.1. The Hall–Kier alpha value is -2.43. The molecule has 0 saturated heterocycles. The number of amides is 1. The molecule has 128 valence electrons. The molecule has 0 bridgehead atoms. The van der Waals surface area contributed by atoms with Crippen molar-refractivity contribution in [2.45, 2.75) is 27.7 Å². The first kappa shape index (κ1) is 17.9. The molecule has 1 N–H and O–H groups in total. The second kappa shape index (κ2) is 7.90. The minimum Gasteiger partial charge on any atom is -0.359 e. The van der Waals surface area contributed by atoms with E-state index in [0.29, 0.717) is 29.7 Å². The fraction of sp³-hybridized carbons (Fsp3) is 0.421. The molecule has 1 aromatic heterocycles. The summed E-state index contributed by atoms with van der Waals surface area (Å²) in [4.78, 5) is 23.5. The highest BCUT2D eigenvalue weighted by Gasteiger charge is 2.18. The van der Waals surface area contributed by atoms with Crippen LogP contribution in [0.3, 0.4) is 0 Å². The lowest BCUT2D eigenvalue weighted by molar-refractivity contribution is 0.0949. The first-order chi connectivity index (χ1) is 11.4. The van der Waals surface area contributed by atoms with Gasteiger partial charge in [-0.2, -0.15) is 0 Å². The third-order valence-corrected chi connectivity index (χ3v) is 3.80. The third kappa shape index (κ3) is 4.31. The van der Waals surface area contributed by atoms with Gasteiger partial charge in [-0.1, -0.05) is 37.6 Å². The molecule has 2 rings (SSSR count). The van der Waals surface area contributed by atoms with E-state index >= 15 is 0 Å². The van der Waals surface area contributed by atoms with Crippen LogP contribution in [-0.4, -0.2) is 36.0 Å². The Kier molecular flexibility index (Phi) is 5.90. The number of benzene rings is 1. The summed E-state index contributed by atoms with van der Waals surface area (Å²) < 4.78 is 0. The first-order valence-electron chi connectivity index (χ1n) is 8.35. The topological polar surface area (TPSA) is 58.1 Å². The van der Waals surface area contributed by atoms with Crippen molar-refractivity contribution in [2.24, 2.45) is 5.92 Å². The zero-order valence-corrected chi connectivity index (χ0v) is 15.1. The van der Waals surface area contributed by atoms with Crippen LogP contribution in [0.4, 0.5) is 5.82 Å². The van der Waals surface area contributed by atoms with Gasteiger partial charge in [0.15, 0.2) is 5.82 Å². The van der Waals surface area contributed by atoms with Gasteiger partial charge in [0, 0.05) is 31.9 Å². The zero-order chi connectivity index (χ0) is 17.7. The highest BCUT2D eigenvalue weighted by atomic mass is 16.1. The van der Waals surface area contributed by atoms with Crippen LogP contribution >= 0.6 is 0 Å². The van der Waals surface area contributed by atoms with Gasteiger partial charge in [0.05, 0.1) is 0 Å². The summed E-state index contributed by atoms with van der Waals surface area (Å²) in [5, 5.41) is 2.94. The van der Waals surface area contributed by atoms with E-state index in [4.69, 9.17) is 0 Å². The van der Waals surface area contributed by atoms with Crippen molar-refractivity contribution in [3.05, 3.63) is 41.6 Å². The minimum atomic E-state index is -0.130. The van der Waals surface area contributed by atoms with Crippen LogP contribution in [0, 0.1) is 12.8 Å². The third-order valence-electron chi connectivity index (χ3n) is 3.80. The van der Waals surface area contributed by atoms with E-state index in [1.165, 1.54) is 0 Å². The molecule has 1 aromatic carbocycles. The van der Waals surface area contributed by atoms with Crippen molar-refractivity contribution >= 4 is 11.7 Å². The Morgan fingerprint density at radius 1 is 1.33 bits per heavy atom. The van der Waals surface area contributed by atoms with Crippen LogP contribution in [0.1, 0.15) is 36.7 Å². The molecule has 0 aliphatic carbocycles. The van der Waals surface area contributed by atoms with E-state index in [1.54, 1.807) is 6.20 Å². The number of aryl methyl sites for hydroxylation is 1. The minimum absolute atomic E-state index is 0.130. The molecule has 24 heavy (non-hydrogen) atoms. The Bertz CT molecular complexity index is 712. The molecule has 2 aromatic rings. The summed E-state index contributed by atoms with van der Waals surface area (Å²) in [5.74, 6) is 1.56. The molecular weight excluding hydrogens is 300 g/mol. The number of rotatable bonds is 6. The highest BCUT2D eigenvalue weighted by molar-refractivity contribution is 5.98. The van der Waals surface area contributed by atoms with E-state index < -0.39 is 0 Å². The predicted octanol–water partition coefficient (Wildman–Crippen LogP) is 3.29. The molecule has 5 nitrogen and oxygen atoms in total. The van der Waals surface area contributed by atoms with Gasteiger partial charge < -0.3 is 10.2 Å². The van der Waals surface area contributed by atoms with Gasteiger partial charge >= 0.3 is 0 Å². The van der Waals surface area contributed by atoms with Gasteiger partial charge in [-0.25, -0.2) is 9.97 Å². The van der Waals surface area contributed by atoms with E-state index in [2.05, 4.69) is 29.1 Å². The van der Waals surface area contributed by atoms with Crippen LogP contribution in [0.15, 0.2) is 30.5 Å². The summed E-state index contributed by atoms with van der Waals surface area (Å²) in [6.07, 6.45) is 1.63. The van der Waals surface area contributed by atoms with Crippen molar-refractivity contribution < 1.29 is 4.79 Å². The SMILES string of the molecule is CCN(C)c1nc(-c2cccc(C)c2)ncc1C(=O)NCC(C)C. The van der Waals surface area contributed by atoms with Crippen LogP contribution in [0.2, 0.25) is 0 Å². The number of hydrogen-bond acceptors (Lipinski definition) is 4. The van der Waals surface area contributed by atoms with E-state index in [9.17, 15) is 4.79 Å². The predicted molar refractivity (Wildman–Crippen MR) is 98.3 cm³/mol. The Morgan fingerprint density at radius 2 is 2.08 bits per heavy atom. The second-order valence-electron chi connectivity index (χ2n) is 6.42. The van der Waals surface area contributed by atoms with Crippen molar-refractivity contribution in [3.8, 4) is 11.4 Å². The largest absolute Gasteiger partial charge is 0.359 e. The van der Waals surface area contributed by atoms with Crippen LogP contribution in [0.5, 0.6) is 0 Å². The van der Waals surface area contributed by atoms with Gasteiger partial charge in [0.1, 0.15) is 11.4 Å². The number of nitrogens with one attached hydrogen (secondary N) is 1. The van der Waals surface area contributed by atoms with Gasteiger partial charge in [-0.05, 0) is 25.8 Å². The normalized spacial score (nSPS) is 10.8. The van der Waals surface area contributed by atoms with E-state index in [0.717, 1.165) is 17.7 Å². The fourth-order valence-electron chi connectivity index (χ4n) is 2.29. The van der Waals surface area contributed by atoms with Gasteiger partial charge in [-0.3, -0.25) is 4.79 Å². The van der Waals surface area contributed by atoms with Gasteiger partial charge in [0.25, 0.3) is 5.91 Å². The average Bonchev–Trinajstić information content (AvgIpc) is 2.58. The Morgan fingerprint density at radius 3 is 2.71 bits per heavy atom. The second-order valence-corrected chi connectivity index (χ2v) is 6.42. The Balaban J connectivity index is 2.40. The molecule has 0 radical (unpaired) electrons. The van der Waals surface area contributed by atoms with Crippen LogP contribution in [-0.2, 0) is 0 Å². The van der Waals surface area contributed by atoms with Crippen molar-refractivity contribution in [1.82, 2.24) is 15.3 Å². The number of carbonyl (C=O) groups is 1. The molecule has 1 heterocycles. The summed E-state index contributed by atoms with van der Waals surface area (Å²) in [7, 11) is 1.93. The van der Waals surface area contributed by atoms with Crippen molar-refractivity contribution in [2.75, 3.05) is 25.0 Å². The quantitative estimate of drug-likeness (QED) is 0.885. The number of carbonyl (C=O) groups excluding carboxylic acids is 1. The number of aromatic nitrogens is 2. The molecule has 0 spiro atoms. The summed E-state index contributed by atoms with van der Waals surface area (Å²) in [6.45, 7) is 9.59. The molecule has 0 aliphatic rings. The maximum Gasteiger partial charge on any atom is 0.256 e. The van der Waals surface area contributed by atoms with Gasteiger partial charge in [-0.15, -0.1) is 0 Å². The maximum atomic E-state index is 12.5. The smallest absolute Gasteiger partial charge is 0.256 e. The van der Waals surface area contributed by atoms with Crippen molar-refractivity contribution in [1.29, 1.82) is 0 Å². The Labute approximate surface area is 144 Å². The van der Waals surface area contributed by atoms with E-state index in [1.807, 2.05) is 50.1 Å². The van der Waals surface area contributed by atoms with Gasteiger partial charge in [0.2, 0.25) is 0 Å². The lowest BCUT2D eigenvalue weighted by Crippen LogP contribution is -2.30. The number of anilines is 1. The number of nitrogens with zero attached hydrogens (tertiary/aromatic N) is 3. The fourth-order valence-corrected chi connectivity index (χ4v) is 2.29. The monoisotopic (exact) mass is 326 g/mol. The molecular formula is C19H26N4O. The van der Waals surface area contributed by atoms with Crippen molar-refractivity contribution in [3.63, 3.8) is 0 Å². The number of hydrogen-bond donors (Lipinski definition) is 1. The van der Waals surface area contributed by atoms with Crippen LogP contribution < -0.4 is 10.2 Å².